The van der Waals surface area contributed by atoms with Crippen molar-refractivity contribution in [1.29, 1.82) is 0 Å². The predicted octanol–water partition coefficient (Wildman–Crippen LogP) is 1.39. The van der Waals surface area contributed by atoms with Crippen LogP contribution in [0.2, 0.25) is 5.67 Å². The molecule has 0 aromatic heterocycles. The Labute approximate surface area is 52.5 Å². The molecule has 0 atom stereocenters. The number of rotatable bonds is 2. The third kappa shape index (κ3) is 5.39. The molecule has 0 rings (SSSR count). The zero-order chi connectivity index (χ0) is 4.12. The highest BCUT2D eigenvalue weighted by Gasteiger charge is 1.77. The van der Waals surface area contributed by atoms with Gasteiger partial charge in [-0.3, -0.25) is 0 Å². The van der Waals surface area contributed by atoms with Crippen LogP contribution >= 0.6 is 30.6 Å². The van der Waals surface area contributed by atoms with Crippen LogP contribution in [-0.4, -0.2) is 16.3 Å². The molecule has 0 aliphatic rings. The molecule has 4 radical (unpaired) electrons. The highest BCUT2D eigenvalue weighted by Crippen LogP contribution is 1.85. The zero-order valence-electron chi connectivity index (χ0n) is 2.46. The third-order valence-corrected chi connectivity index (χ3v) is 6.25. The summed E-state index contributed by atoms with van der Waals surface area (Å²) in [5.74, 6) is 0. The molecular weight excluding hydrogens is 228 g/mol. The van der Waals surface area contributed by atoms with E-state index in [0.717, 1.165) is 16.3 Å². The van der Waals surface area contributed by atoms with Crippen LogP contribution in [0.5, 0.6) is 0 Å². The Hall–Kier alpha value is 1.39. The van der Waals surface area contributed by atoms with E-state index in [4.69, 9.17) is 0 Å². The number of halogens is 2. The lowest BCUT2D eigenvalue weighted by Crippen LogP contribution is -1.77. The van der Waals surface area contributed by atoms with Crippen LogP contribution in [0.4, 0.5) is 0 Å². The van der Waals surface area contributed by atoms with Crippen molar-refractivity contribution in [2.75, 3.05) is 0 Å². The van der Waals surface area contributed by atoms with Gasteiger partial charge in [-0.25, -0.2) is 0 Å². The summed E-state index contributed by atoms with van der Waals surface area (Å²) in [5, 5.41) is 0. The van der Waals surface area contributed by atoms with E-state index in [1.165, 1.54) is 5.67 Å². The predicted molar refractivity (Wildman–Crippen MR) is 34.2 cm³/mol. The van der Waals surface area contributed by atoms with Crippen molar-refractivity contribution in [3.8, 4) is 0 Å². The molecule has 0 aliphatic carbocycles. The van der Waals surface area contributed by atoms with Gasteiger partial charge in [0.05, 0.1) is 0 Å². The molecule has 0 aliphatic heterocycles. The van der Waals surface area contributed by atoms with E-state index < -0.39 is 0 Å². The maximum Gasteiger partial charge on any atom is 0.134 e. The van der Waals surface area contributed by atoms with E-state index in [2.05, 4.69) is 30.6 Å². The molecule has 0 fully saturated rings. The monoisotopic (exact) mass is 228 g/mol. The average Bonchev–Trinajstić information content (AvgIpc) is 1.41. The second kappa shape index (κ2) is 5.39. The van der Waals surface area contributed by atoms with Gasteiger partial charge in [0.15, 0.2) is 0 Å². The summed E-state index contributed by atoms with van der Waals surface area (Å²) >= 11 is 6.63. The largest absolute Gasteiger partial charge is 0.134 e. The lowest BCUT2D eigenvalue weighted by atomic mass is 11.9. The Kier molecular flexibility index (Phi) is 6.90. The van der Waals surface area contributed by atoms with Gasteiger partial charge in [0.2, 0.25) is 0 Å². The summed E-state index contributed by atoms with van der Waals surface area (Å²) in [6.45, 7) is 0. The van der Waals surface area contributed by atoms with E-state index in [0.29, 0.717) is 0 Å². The molecule has 28 valence electrons. The van der Waals surface area contributed by atoms with Crippen LogP contribution in [0.3, 0.4) is 0 Å². The van der Waals surface area contributed by atoms with Crippen LogP contribution in [0, 0.1) is 0 Å². The van der Waals surface area contributed by atoms with Crippen molar-refractivity contribution in [2.45, 2.75) is 5.67 Å². The van der Waals surface area contributed by atoms with Gasteiger partial charge in [-0.2, -0.15) is 0 Å². The van der Waals surface area contributed by atoms with Crippen molar-refractivity contribution < 1.29 is 0 Å². The molecular formula is CH2Br2Si2. The second-order valence-corrected chi connectivity index (χ2v) is 5.76. The van der Waals surface area contributed by atoms with Gasteiger partial charge in [0.1, 0.15) is 16.3 Å². The van der Waals surface area contributed by atoms with Crippen LogP contribution in [0.15, 0.2) is 0 Å². The van der Waals surface area contributed by atoms with Crippen molar-refractivity contribution in [2.24, 2.45) is 0 Å². The standard InChI is InChI=1S/CH2Br2Si2/c2-4-1-5-3/h1H2. The van der Waals surface area contributed by atoms with Gasteiger partial charge >= 0.3 is 0 Å². The van der Waals surface area contributed by atoms with Gasteiger partial charge in [-0.1, -0.05) is 0 Å². The SMILES string of the molecule is Br[Si]C[Si]Br. The summed E-state index contributed by atoms with van der Waals surface area (Å²) in [7, 11) is 1.87. The molecule has 0 bridgehead atoms. The summed E-state index contributed by atoms with van der Waals surface area (Å²) in [5.41, 5.74) is 1.28. The van der Waals surface area contributed by atoms with Crippen molar-refractivity contribution in [3.63, 3.8) is 0 Å². The summed E-state index contributed by atoms with van der Waals surface area (Å²) < 4.78 is 0. The van der Waals surface area contributed by atoms with Gasteiger partial charge in [-0.05, 0) is 5.67 Å². The molecule has 0 aromatic rings. The molecule has 0 amide bonds. The molecule has 0 saturated heterocycles. The highest BCUT2D eigenvalue weighted by atomic mass is 79.9. The van der Waals surface area contributed by atoms with E-state index in [9.17, 15) is 0 Å². The first kappa shape index (κ1) is 6.39. The minimum Gasteiger partial charge on any atom is -0.132 e. The molecule has 4 heteroatoms. The molecule has 0 unspecified atom stereocenters. The second-order valence-electron chi connectivity index (χ2n) is 0.444. The first-order valence-electron chi connectivity index (χ1n) is 1.09. The smallest absolute Gasteiger partial charge is 0.132 e. The first-order chi connectivity index (χ1) is 2.41. The summed E-state index contributed by atoms with van der Waals surface area (Å²) in [4.78, 5) is 0. The van der Waals surface area contributed by atoms with E-state index in [1.807, 2.05) is 0 Å². The van der Waals surface area contributed by atoms with Crippen LogP contribution < -0.4 is 0 Å². The normalized spacial score (nSPS) is 8.40. The Morgan fingerprint density at radius 3 is 1.60 bits per heavy atom. The van der Waals surface area contributed by atoms with Crippen molar-refractivity contribution in [1.82, 2.24) is 0 Å². The van der Waals surface area contributed by atoms with Crippen LogP contribution in [-0.2, 0) is 0 Å². The quantitative estimate of drug-likeness (QED) is 0.496. The van der Waals surface area contributed by atoms with Gasteiger partial charge < -0.3 is 0 Å². The van der Waals surface area contributed by atoms with Gasteiger partial charge in [0.25, 0.3) is 0 Å². The molecule has 0 saturated carbocycles. The number of hydrogen-bond donors (Lipinski definition) is 0. The van der Waals surface area contributed by atoms with E-state index >= 15 is 0 Å². The lowest BCUT2D eigenvalue weighted by molar-refractivity contribution is 2.12. The van der Waals surface area contributed by atoms with Crippen LogP contribution in [0.1, 0.15) is 0 Å². The molecule has 0 nitrogen and oxygen atoms in total. The highest BCUT2D eigenvalue weighted by molar-refractivity contribution is 9.24. The minimum absolute atomic E-state index is 0.936. The minimum atomic E-state index is 0.936. The Bertz CT molecular complexity index is 15.1. The Morgan fingerprint density at radius 1 is 1.20 bits per heavy atom. The molecule has 5 heavy (non-hydrogen) atoms. The molecule has 0 N–H and O–H groups in total. The molecule has 0 spiro atoms. The van der Waals surface area contributed by atoms with E-state index in [-0.39, 0.29) is 0 Å². The van der Waals surface area contributed by atoms with Crippen molar-refractivity contribution >= 4 is 46.9 Å². The van der Waals surface area contributed by atoms with Gasteiger partial charge in [-0.15, -0.1) is 30.6 Å². The maximum absolute atomic E-state index is 3.31. The first-order valence-corrected chi connectivity index (χ1v) is 8.01. The van der Waals surface area contributed by atoms with Gasteiger partial charge in [0, 0.05) is 0 Å². The Balaban J connectivity index is 2.19. The average molecular weight is 230 g/mol. The lowest BCUT2D eigenvalue weighted by Gasteiger charge is -1.71. The fourth-order valence-corrected chi connectivity index (χ4v) is 6.14. The van der Waals surface area contributed by atoms with Crippen LogP contribution in [0.25, 0.3) is 0 Å². The summed E-state index contributed by atoms with van der Waals surface area (Å²) in [6.07, 6.45) is 0. The summed E-state index contributed by atoms with van der Waals surface area (Å²) in [6, 6.07) is 0. The number of hydrogen-bond acceptors (Lipinski definition) is 0. The fraction of sp³-hybridized carbons (Fsp3) is 1.00. The molecule has 0 aromatic carbocycles. The zero-order valence-corrected chi connectivity index (χ0v) is 7.64. The third-order valence-electron chi connectivity index (χ3n) is 0.134. The fourth-order valence-electron chi connectivity index (χ4n) is 0.0253. The van der Waals surface area contributed by atoms with Crippen molar-refractivity contribution in [3.05, 3.63) is 0 Å². The molecule has 0 heterocycles. The maximum atomic E-state index is 3.31. The van der Waals surface area contributed by atoms with E-state index in [1.54, 1.807) is 0 Å². The topological polar surface area (TPSA) is 0 Å². The Morgan fingerprint density at radius 2 is 1.60 bits per heavy atom.